The maximum atomic E-state index is 12.5. The number of carbonyl (C=O) groups is 1. The molecule has 2 aromatic carbocycles. The normalized spacial score (nSPS) is 10.7. The van der Waals surface area contributed by atoms with Crippen LogP contribution in [0.1, 0.15) is 32.9 Å². The molecule has 0 atom stereocenters. The van der Waals surface area contributed by atoms with Gasteiger partial charge in [-0.15, -0.1) is 0 Å². The van der Waals surface area contributed by atoms with Crippen molar-refractivity contribution >= 4 is 11.6 Å². The smallest absolute Gasteiger partial charge is 0.255 e. The Hall–Kier alpha value is -3.87. The van der Waals surface area contributed by atoms with Crippen LogP contribution in [-0.2, 0) is 13.2 Å². The quantitative estimate of drug-likeness (QED) is 0.496. The van der Waals surface area contributed by atoms with Gasteiger partial charge in [0, 0.05) is 23.6 Å². The lowest BCUT2D eigenvalue weighted by Gasteiger charge is -2.09. The number of hydrogen-bond acceptors (Lipinski definition) is 5. The van der Waals surface area contributed by atoms with Crippen LogP contribution >= 0.6 is 0 Å². The van der Waals surface area contributed by atoms with Gasteiger partial charge in [-0.05, 0) is 61.9 Å². The molecule has 0 saturated heterocycles. The molecule has 0 aliphatic carbocycles. The molecule has 0 radical (unpaired) electrons. The van der Waals surface area contributed by atoms with E-state index in [1.54, 1.807) is 30.5 Å². The van der Waals surface area contributed by atoms with Gasteiger partial charge in [0.1, 0.15) is 18.1 Å². The van der Waals surface area contributed by atoms with Crippen LogP contribution < -0.4 is 10.1 Å². The van der Waals surface area contributed by atoms with Gasteiger partial charge in [0.15, 0.2) is 0 Å². The first kappa shape index (κ1) is 19.4. The minimum Gasteiger partial charge on any atom is -0.489 e. The summed E-state index contributed by atoms with van der Waals surface area (Å²) in [5.74, 6) is 1.25. The number of aryl methyl sites for hydroxylation is 2. The largest absolute Gasteiger partial charge is 0.489 e. The van der Waals surface area contributed by atoms with Gasteiger partial charge in [-0.1, -0.05) is 17.3 Å². The monoisotopic (exact) mass is 402 g/mol. The predicted octanol–water partition coefficient (Wildman–Crippen LogP) is 4.37. The van der Waals surface area contributed by atoms with E-state index in [4.69, 9.17) is 9.26 Å². The Morgan fingerprint density at radius 2 is 1.87 bits per heavy atom. The molecule has 0 aliphatic heterocycles. The molecule has 30 heavy (non-hydrogen) atoms. The summed E-state index contributed by atoms with van der Waals surface area (Å²) in [4.78, 5) is 12.5. The second-order valence-corrected chi connectivity index (χ2v) is 6.97. The van der Waals surface area contributed by atoms with Crippen molar-refractivity contribution in [2.45, 2.75) is 27.0 Å². The van der Waals surface area contributed by atoms with Crippen molar-refractivity contribution in [3.05, 3.63) is 95.1 Å². The predicted molar refractivity (Wildman–Crippen MR) is 112 cm³/mol. The third kappa shape index (κ3) is 4.57. The van der Waals surface area contributed by atoms with E-state index in [1.807, 2.05) is 55.1 Å². The van der Waals surface area contributed by atoms with Gasteiger partial charge < -0.3 is 14.6 Å². The lowest BCUT2D eigenvalue weighted by atomic mass is 10.1. The van der Waals surface area contributed by atoms with Crippen LogP contribution in [0.4, 0.5) is 5.69 Å². The van der Waals surface area contributed by atoms with Gasteiger partial charge >= 0.3 is 0 Å². The number of hydrogen-bond donors (Lipinski definition) is 1. The number of anilines is 1. The number of benzene rings is 2. The number of nitrogens with one attached hydrogen (secondary N) is 1. The standard InChI is InChI=1S/C23H22N4O3/c1-16-22(17(2)30-26-16)15-29-21-10-6-19(7-11-21)23(28)25-20-8-4-18(5-9-20)14-27-13-3-12-24-27/h3-13H,14-15H2,1-2H3,(H,25,28). The second-order valence-electron chi connectivity index (χ2n) is 6.97. The lowest BCUT2D eigenvalue weighted by molar-refractivity contribution is 0.102. The molecule has 1 amide bonds. The number of aromatic nitrogens is 3. The number of ether oxygens (including phenoxy) is 1. The molecule has 2 aromatic heterocycles. The summed E-state index contributed by atoms with van der Waals surface area (Å²) in [6, 6.07) is 16.7. The van der Waals surface area contributed by atoms with Crippen LogP contribution in [-0.4, -0.2) is 20.8 Å². The van der Waals surface area contributed by atoms with Crippen LogP contribution in [0.3, 0.4) is 0 Å². The van der Waals surface area contributed by atoms with E-state index in [2.05, 4.69) is 15.6 Å². The first-order valence-electron chi connectivity index (χ1n) is 9.61. The third-order valence-corrected chi connectivity index (χ3v) is 4.80. The van der Waals surface area contributed by atoms with Crippen molar-refractivity contribution in [1.82, 2.24) is 14.9 Å². The fourth-order valence-electron chi connectivity index (χ4n) is 3.04. The minimum absolute atomic E-state index is 0.174. The van der Waals surface area contributed by atoms with E-state index in [1.165, 1.54) is 0 Å². The first-order chi connectivity index (χ1) is 14.6. The van der Waals surface area contributed by atoms with E-state index < -0.39 is 0 Å². The zero-order valence-corrected chi connectivity index (χ0v) is 16.8. The molecule has 152 valence electrons. The molecule has 0 fully saturated rings. The summed E-state index contributed by atoms with van der Waals surface area (Å²) in [5, 5.41) is 11.0. The van der Waals surface area contributed by atoms with Crippen LogP contribution in [0.2, 0.25) is 0 Å². The summed E-state index contributed by atoms with van der Waals surface area (Å²) in [7, 11) is 0. The molecule has 1 N–H and O–H groups in total. The molecular weight excluding hydrogens is 380 g/mol. The molecule has 0 aliphatic rings. The number of carbonyl (C=O) groups excluding carboxylic acids is 1. The van der Waals surface area contributed by atoms with Crippen molar-refractivity contribution < 1.29 is 14.1 Å². The second kappa shape index (κ2) is 8.65. The fourth-order valence-corrected chi connectivity index (χ4v) is 3.04. The van der Waals surface area contributed by atoms with Gasteiger partial charge in [-0.2, -0.15) is 5.10 Å². The summed E-state index contributed by atoms with van der Waals surface area (Å²) >= 11 is 0. The van der Waals surface area contributed by atoms with E-state index in [0.717, 1.165) is 28.3 Å². The number of amides is 1. The first-order valence-corrected chi connectivity index (χ1v) is 9.61. The summed E-state index contributed by atoms with van der Waals surface area (Å²) in [6.45, 7) is 4.80. The molecule has 0 saturated carbocycles. The van der Waals surface area contributed by atoms with E-state index in [-0.39, 0.29) is 5.91 Å². The summed E-state index contributed by atoms with van der Waals surface area (Å²) < 4.78 is 12.8. The van der Waals surface area contributed by atoms with Gasteiger partial charge in [-0.3, -0.25) is 9.48 Å². The lowest BCUT2D eigenvalue weighted by Crippen LogP contribution is -2.12. The van der Waals surface area contributed by atoms with E-state index in [0.29, 0.717) is 24.5 Å². The average molecular weight is 402 g/mol. The van der Waals surface area contributed by atoms with Gasteiger partial charge in [0.25, 0.3) is 5.91 Å². The van der Waals surface area contributed by atoms with Crippen LogP contribution in [0.5, 0.6) is 5.75 Å². The number of nitrogens with zero attached hydrogens (tertiary/aromatic N) is 3. The van der Waals surface area contributed by atoms with Gasteiger partial charge in [-0.25, -0.2) is 0 Å². The maximum Gasteiger partial charge on any atom is 0.255 e. The van der Waals surface area contributed by atoms with Crippen molar-refractivity contribution in [3.8, 4) is 5.75 Å². The highest BCUT2D eigenvalue weighted by molar-refractivity contribution is 6.04. The Balaban J connectivity index is 1.33. The Bertz CT molecular complexity index is 1090. The Morgan fingerprint density at radius 1 is 1.10 bits per heavy atom. The van der Waals surface area contributed by atoms with E-state index >= 15 is 0 Å². The molecule has 0 spiro atoms. The fraction of sp³-hybridized carbons (Fsp3) is 0.174. The van der Waals surface area contributed by atoms with Crippen LogP contribution in [0, 0.1) is 13.8 Å². The Morgan fingerprint density at radius 3 is 2.50 bits per heavy atom. The topological polar surface area (TPSA) is 82.2 Å². The highest BCUT2D eigenvalue weighted by Crippen LogP contribution is 2.19. The molecule has 4 rings (SSSR count). The molecule has 2 heterocycles. The highest BCUT2D eigenvalue weighted by atomic mass is 16.5. The molecule has 0 bridgehead atoms. The van der Waals surface area contributed by atoms with Gasteiger partial charge in [0.05, 0.1) is 17.8 Å². The van der Waals surface area contributed by atoms with Crippen LogP contribution in [0.25, 0.3) is 0 Å². The average Bonchev–Trinajstić information content (AvgIpc) is 3.38. The molecule has 0 unspecified atom stereocenters. The summed E-state index contributed by atoms with van der Waals surface area (Å²) in [5.41, 5.74) is 4.16. The van der Waals surface area contributed by atoms with Gasteiger partial charge in [0.2, 0.25) is 0 Å². The Labute approximate surface area is 174 Å². The maximum absolute atomic E-state index is 12.5. The zero-order chi connectivity index (χ0) is 20.9. The number of rotatable bonds is 7. The van der Waals surface area contributed by atoms with E-state index in [9.17, 15) is 4.79 Å². The third-order valence-electron chi connectivity index (χ3n) is 4.80. The Kier molecular flexibility index (Phi) is 5.61. The summed E-state index contributed by atoms with van der Waals surface area (Å²) in [6.07, 6.45) is 3.67. The van der Waals surface area contributed by atoms with Crippen LogP contribution in [0.15, 0.2) is 71.5 Å². The molecule has 4 aromatic rings. The zero-order valence-electron chi connectivity index (χ0n) is 16.8. The minimum atomic E-state index is -0.174. The molecule has 7 nitrogen and oxygen atoms in total. The molecule has 7 heteroatoms. The van der Waals surface area contributed by atoms with Crippen molar-refractivity contribution in [2.75, 3.05) is 5.32 Å². The van der Waals surface area contributed by atoms with Crippen molar-refractivity contribution in [1.29, 1.82) is 0 Å². The van der Waals surface area contributed by atoms with Crippen molar-refractivity contribution in [2.24, 2.45) is 0 Å². The highest BCUT2D eigenvalue weighted by Gasteiger charge is 2.10. The van der Waals surface area contributed by atoms with Crippen molar-refractivity contribution in [3.63, 3.8) is 0 Å². The SMILES string of the molecule is Cc1noc(C)c1COc1ccc(C(=O)Nc2ccc(Cn3cccn3)cc2)cc1. The molecular formula is C23H22N4O3.